The van der Waals surface area contributed by atoms with Crippen LogP contribution in [0.2, 0.25) is 10.0 Å². The minimum Gasteiger partial charge on any atom is -0.494 e. The monoisotopic (exact) mass is 325 g/mol. The van der Waals surface area contributed by atoms with Crippen LogP contribution in [0.15, 0.2) is 6.07 Å². The number of benzene rings is 1. The zero-order chi connectivity index (χ0) is 15.0. The van der Waals surface area contributed by atoms with Gasteiger partial charge in [-0.25, -0.2) is 4.98 Å². The highest BCUT2D eigenvalue weighted by Crippen LogP contribution is 2.44. The zero-order valence-electron chi connectivity index (χ0n) is 12.1. The van der Waals surface area contributed by atoms with E-state index in [-0.39, 0.29) is 0 Å². The number of aryl methyl sites for hydroxylation is 1. The molecule has 21 heavy (non-hydrogen) atoms. The highest BCUT2D eigenvalue weighted by Gasteiger charge is 2.22. The molecule has 0 N–H and O–H groups in total. The number of aromatic nitrogens is 1. The first-order valence-electron chi connectivity index (χ1n) is 7.08. The molecule has 3 nitrogen and oxygen atoms in total. The van der Waals surface area contributed by atoms with Gasteiger partial charge in [0.1, 0.15) is 17.0 Å². The molecule has 1 heterocycles. The number of pyridine rings is 1. The topological polar surface area (TPSA) is 31.4 Å². The summed E-state index contributed by atoms with van der Waals surface area (Å²) in [7, 11) is 3.20. The fourth-order valence-corrected chi connectivity index (χ4v) is 3.63. The Labute approximate surface area is 134 Å². The van der Waals surface area contributed by atoms with E-state index in [0.29, 0.717) is 21.5 Å². The molecular formula is C16H17Cl2NO2. The molecule has 0 unspecified atom stereocenters. The molecule has 1 aromatic carbocycles. The summed E-state index contributed by atoms with van der Waals surface area (Å²) in [5, 5.41) is 1.94. The second kappa shape index (κ2) is 5.90. The molecule has 0 spiro atoms. The van der Waals surface area contributed by atoms with Gasteiger partial charge >= 0.3 is 0 Å². The Morgan fingerprint density at radius 3 is 2.52 bits per heavy atom. The second-order valence-corrected chi connectivity index (χ2v) is 6.01. The van der Waals surface area contributed by atoms with Crippen molar-refractivity contribution in [3.8, 4) is 11.5 Å². The van der Waals surface area contributed by atoms with E-state index in [1.54, 1.807) is 20.3 Å². The lowest BCUT2D eigenvalue weighted by molar-refractivity contribution is 0.410. The lowest BCUT2D eigenvalue weighted by atomic mass is 10.0. The third-order valence-electron chi connectivity index (χ3n) is 4.02. The molecule has 0 radical (unpaired) electrons. The van der Waals surface area contributed by atoms with E-state index in [0.717, 1.165) is 47.8 Å². The summed E-state index contributed by atoms with van der Waals surface area (Å²) in [6.07, 6.45) is 5.40. The maximum absolute atomic E-state index is 6.68. The van der Waals surface area contributed by atoms with Crippen LogP contribution in [0.4, 0.5) is 0 Å². The lowest BCUT2D eigenvalue weighted by Crippen LogP contribution is -2.01. The first-order valence-corrected chi connectivity index (χ1v) is 7.84. The van der Waals surface area contributed by atoms with Gasteiger partial charge in [-0.15, -0.1) is 0 Å². The molecule has 0 bridgehead atoms. The van der Waals surface area contributed by atoms with E-state index < -0.39 is 0 Å². The Morgan fingerprint density at radius 1 is 1.05 bits per heavy atom. The Morgan fingerprint density at radius 2 is 1.81 bits per heavy atom. The Bertz CT molecular complexity index is 701. The van der Waals surface area contributed by atoms with E-state index >= 15 is 0 Å². The van der Waals surface area contributed by atoms with Crippen LogP contribution in [0.5, 0.6) is 11.5 Å². The average molecular weight is 326 g/mol. The van der Waals surface area contributed by atoms with Crippen molar-refractivity contribution in [1.29, 1.82) is 0 Å². The number of halogens is 2. The molecule has 2 aromatic rings. The molecule has 0 saturated carbocycles. The third-order valence-corrected chi connectivity index (χ3v) is 4.71. The van der Waals surface area contributed by atoms with Gasteiger partial charge in [-0.05, 0) is 31.2 Å². The number of hydrogen-bond acceptors (Lipinski definition) is 3. The van der Waals surface area contributed by atoms with Crippen molar-refractivity contribution in [2.24, 2.45) is 0 Å². The first kappa shape index (κ1) is 14.7. The number of fused-ring (bicyclic) bond motifs is 2. The predicted molar refractivity (Wildman–Crippen MR) is 86.1 cm³/mol. The molecule has 0 aliphatic heterocycles. The molecular weight excluding hydrogens is 309 g/mol. The van der Waals surface area contributed by atoms with Gasteiger partial charge < -0.3 is 9.47 Å². The van der Waals surface area contributed by atoms with Crippen LogP contribution in [0, 0.1) is 0 Å². The van der Waals surface area contributed by atoms with E-state index in [9.17, 15) is 0 Å². The fourth-order valence-electron chi connectivity index (χ4n) is 2.98. The van der Waals surface area contributed by atoms with Crippen LogP contribution in [-0.4, -0.2) is 19.2 Å². The zero-order valence-corrected chi connectivity index (χ0v) is 13.6. The normalized spacial score (nSPS) is 14.7. The van der Waals surface area contributed by atoms with E-state index in [1.165, 1.54) is 6.42 Å². The van der Waals surface area contributed by atoms with Crippen LogP contribution in [-0.2, 0) is 12.8 Å². The van der Waals surface area contributed by atoms with Gasteiger partial charge in [0.25, 0.3) is 0 Å². The summed E-state index contributed by atoms with van der Waals surface area (Å²) in [6.45, 7) is 0. The van der Waals surface area contributed by atoms with Crippen LogP contribution < -0.4 is 9.47 Å². The van der Waals surface area contributed by atoms with Crippen molar-refractivity contribution in [3.63, 3.8) is 0 Å². The van der Waals surface area contributed by atoms with Crippen LogP contribution >= 0.6 is 23.2 Å². The fraction of sp³-hybridized carbons (Fsp3) is 0.438. The van der Waals surface area contributed by atoms with Gasteiger partial charge in [-0.3, -0.25) is 0 Å². The van der Waals surface area contributed by atoms with E-state index in [1.807, 2.05) is 0 Å². The molecule has 1 aromatic heterocycles. The SMILES string of the molecule is COc1cc(Cl)c(OC)c2c(Cl)c3c(nc12)CCCCC3. The predicted octanol–water partition coefficient (Wildman–Crippen LogP) is 4.83. The second-order valence-electron chi connectivity index (χ2n) is 5.23. The van der Waals surface area contributed by atoms with Crippen molar-refractivity contribution in [2.75, 3.05) is 14.2 Å². The van der Waals surface area contributed by atoms with Crippen molar-refractivity contribution >= 4 is 34.1 Å². The van der Waals surface area contributed by atoms with Crippen molar-refractivity contribution in [3.05, 3.63) is 27.4 Å². The smallest absolute Gasteiger partial charge is 0.148 e. The number of nitrogens with zero attached hydrogens (tertiary/aromatic N) is 1. The average Bonchev–Trinajstić information content (AvgIpc) is 2.73. The number of methoxy groups -OCH3 is 2. The standard InChI is InChI=1S/C16H17Cl2NO2/c1-20-12-8-10(17)16(21-2)13-14(18)9-6-4-3-5-7-11(9)19-15(12)13/h8H,3-7H2,1-2H3. The number of hydrogen-bond donors (Lipinski definition) is 0. The molecule has 3 rings (SSSR count). The molecule has 112 valence electrons. The summed E-state index contributed by atoms with van der Waals surface area (Å²) < 4.78 is 10.9. The first-order chi connectivity index (χ1) is 10.2. The highest BCUT2D eigenvalue weighted by molar-refractivity contribution is 6.39. The van der Waals surface area contributed by atoms with Crippen LogP contribution in [0.3, 0.4) is 0 Å². The molecule has 0 atom stereocenters. The summed E-state index contributed by atoms with van der Waals surface area (Å²) in [5.41, 5.74) is 2.93. The van der Waals surface area contributed by atoms with Crippen molar-refractivity contribution < 1.29 is 9.47 Å². The van der Waals surface area contributed by atoms with E-state index in [4.69, 9.17) is 37.7 Å². The van der Waals surface area contributed by atoms with Crippen molar-refractivity contribution in [1.82, 2.24) is 4.98 Å². The highest BCUT2D eigenvalue weighted by atomic mass is 35.5. The minimum atomic E-state index is 0.485. The van der Waals surface area contributed by atoms with Gasteiger partial charge in [0.15, 0.2) is 0 Å². The van der Waals surface area contributed by atoms with Gasteiger partial charge in [0.2, 0.25) is 0 Å². The third kappa shape index (κ3) is 2.43. The van der Waals surface area contributed by atoms with Gasteiger partial charge in [0, 0.05) is 11.8 Å². The van der Waals surface area contributed by atoms with Crippen LogP contribution in [0.1, 0.15) is 30.5 Å². The molecule has 1 aliphatic rings. The van der Waals surface area contributed by atoms with Crippen LogP contribution in [0.25, 0.3) is 10.9 Å². The number of ether oxygens (including phenoxy) is 2. The molecule has 1 aliphatic carbocycles. The summed E-state index contributed by atoms with van der Waals surface area (Å²) >= 11 is 13.0. The quantitative estimate of drug-likeness (QED) is 0.741. The number of rotatable bonds is 2. The maximum Gasteiger partial charge on any atom is 0.148 e. The summed E-state index contributed by atoms with van der Waals surface area (Å²) in [4.78, 5) is 4.81. The largest absolute Gasteiger partial charge is 0.494 e. The lowest BCUT2D eigenvalue weighted by Gasteiger charge is -2.16. The van der Waals surface area contributed by atoms with Crippen molar-refractivity contribution in [2.45, 2.75) is 32.1 Å². The van der Waals surface area contributed by atoms with Gasteiger partial charge in [-0.2, -0.15) is 0 Å². The molecule has 0 fully saturated rings. The summed E-state index contributed by atoms with van der Waals surface area (Å²) in [5.74, 6) is 1.20. The summed E-state index contributed by atoms with van der Waals surface area (Å²) in [6, 6.07) is 1.73. The Kier molecular flexibility index (Phi) is 4.14. The molecule has 0 saturated heterocycles. The molecule has 5 heteroatoms. The minimum absolute atomic E-state index is 0.485. The van der Waals surface area contributed by atoms with E-state index in [2.05, 4.69) is 0 Å². The Hall–Kier alpha value is -1.19. The van der Waals surface area contributed by atoms with Gasteiger partial charge in [-0.1, -0.05) is 29.6 Å². The molecule has 0 amide bonds. The maximum atomic E-state index is 6.68. The van der Waals surface area contributed by atoms with Gasteiger partial charge in [0.05, 0.1) is 29.7 Å². The Balaban J connectivity index is 2.40.